The van der Waals surface area contributed by atoms with E-state index in [9.17, 15) is 0 Å². The smallest absolute Gasteiger partial charge is 0.0162 e. The number of likely N-dealkylation sites (N-methyl/N-ethyl adjacent to an activating group) is 1. The Morgan fingerprint density at radius 3 is 2.33 bits per heavy atom. The van der Waals surface area contributed by atoms with Gasteiger partial charge in [0.2, 0.25) is 0 Å². The molecule has 0 saturated carbocycles. The molecule has 0 amide bonds. The second-order valence-electron chi connectivity index (χ2n) is 3.12. The van der Waals surface area contributed by atoms with Crippen LogP contribution in [0, 0.1) is 0 Å². The van der Waals surface area contributed by atoms with E-state index in [4.69, 9.17) is 5.73 Å². The third-order valence-electron chi connectivity index (χ3n) is 2.17. The largest absolute Gasteiger partial charge is 0.329 e. The summed E-state index contributed by atoms with van der Waals surface area (Å²) in [5.41, 5.74) is 5.48. The minimum absolute atomic E-state index is 0.445. The zero-order chi connectivity index (χ0) is 9.40. The molecule has 3 nitrogen and oxygen atoms in total. The molecule has 0 fully saturated rings. The summed E-state index contributed by atoms with van der Waals surface area (Å²) < 4.78 is 0. The molecule has 12 heavy (non-hydrogen) atoms. The molecule has 0 saturated heterocycles. The highest BCUT2D eigenvalue weighted by Crippen LogP contribution is 1.84. The van der Waals surface area contributed by atoms with E-state index in [0.717, 1.165) is 32.7 Å². The Bertz CT molecular complexity index is 91.8. The summed E-state index contributed by atoms with van der Waals surface area (Å²) in [4.78, 5) is 2.40. The van der Waals surface area contributed by atoms with Crippen molar-refractivity contribution in [2.45, 2.75) is 26.8 Å². The van der Waals surface area contributed by atoms with Crippen molar-refractivity contribution in [2.24, 2.45) is 5.73 Å². The Balaban J connectivity index is 3.28. The van der Waals surface area contributed by atoms with E-state index >= 15 is 0 Å². The molecule has 0 radical (unpaired) electrons. The number of nitrogens with two attached hydrogens (primary N) is 1. The van der Waals surface area contributed by atoms with Crippen LogP contribution in [0.1, 0.15) is 20.8 Å². The summed E-state index contributed by atoms with van der Waals surface area (Å²) in [6.07, 6.45) is 0. The number of hydrogen-bond acceptors (Lipinski definition) is 3. The number of hydrogen-bond donors (Lipinski definition) is 2. The predicted octanol–water partition coefficient (Wildman–Crippen LogP) is 0.265. The molecule has 1 unspecified atom stereocenters. The van der Waals surface area contributed by atoms with E-state index < -0.39 is 0 Å². The summed E-state index contributed by atoms with van der Waals surface area (Å²) in [5.74, 6) is 0. The molecule has 3 N–H and O–H groups in total. The lowest BCUT2D eigenvalue weighted by molar-refractivity contribution is 0.298. The molecule has 3 heteroatoms. The van der Waals surface area contributed by atoms with Crippen LogP contribution in [0.5, 0.6) is 0 Å². The van der Waals surface area contributed by atoms with Gasteiger partial charge in [0.15, 0.2) is 0 Å². The summed E-state index contributed by atoms with van der Waals surface area (Å²) >= 11 is 0. The standard InChI is InChI=1S/C9H23N3/c1-4-12(5-2)7-6-11-9(3)8-10/h9,11H,4-8,10H2,1-3H3. The van der Waals surface area contributed by atoms with Crippen LogP contribution in [0.25, 0.3) is 0 Å². The second-order valence-corrected chi connectivity index (χ2v) is 3.12. The van der Waals surface area contributed by atoms with Gasteiger partial charge in [0.25, 0.3) is 0 Å². The van der Waals surface area contributed by atoms with Crippen molar-refractivity contribution in [1.29, 1.82) is 0 Å². The Morgan fingerprint density at radius 1 is 1.33 bits per heavy atom. The van der Waals surface area contributed by atoms with Crippen molar-refractivity contribution >= 4 is 0 Å². The molecule has 0 aromatic carbocycles. The Kier molecular flexibility index (Phi) is 7.45. The zero-order valence-electron chi connectivity index (χ0n) is 8.64. The number of nitrogens with one attached hydrogen (secondary N) is 1. The van der Waals surface area contributed by atoms with Gasteiger partial charge in [-0.25, -0.2) is 0 Å². The average Bonchev–Trinajstić information content (AvgIpc) is 2.12. The van der Waals surface area contributed by atoms with E-state index in [1.165, 1.54) is 0 Å². The molecule has 0 bridgehead atoms. The zero-order valence-corrected chi connectivity index (χ0v) is 8.64. The third-order valence-corrected chi connectivity index (χ3v) is 2.17. The van der Waals surface area contributed by atoms with Crippen LogP contribution in [0.2, 0.25) is 0 Å². The molecule has 0 aromatic rings. The van der Waals surface area contributed by atoms with Crippen LogP contribution >= 0.6 is 0 Å². The van der Waals surface area contributed by atoms with Crippen LogP contribution in [0.3, 0.4) is 0 Å². The molecule has 0 spiro atoms. The van der Waals surface area contributed by atoms with E-state index in [2.05, 4.69) is 31.0 Å². The van der Waals surface area contributed by atoms with Gasteiger partial charge in [0.1, 0.15) is 0 Å². The van der Waals surface area contributed by atoms with Gasteiger partial charge in [0.05, 0.1) is 0 Å². The Labute approximate surface area is 76.3 Å². The molecule has 1 atom stereocenters. The maximum absolute atomic E-state index is 5.48. The maximum atomic E-state index is 5.48. The van der Waals surface area contributed by atoms with E-state index in [0.29, 0.717) is 6.04 Å². The van der Waals surface area contributed by atoms with Crippen LogP contribution in [0.15, 0.2) is 0 Å². The molecule has 0 rings (SSSR count). The van der Waals surface area contributed by atoms with Crippen molar-refractivity contribution in [2.75, 3.05) is 32.7 Å². The number of rotatable bonds is 7. The first-order valence-corrected chi connectivity index (χ1v) is 4.90. The molecule has 0 aromatic heterocycles. The molecule has 0 heterocycles. The van der Waals surface area contributed by atoms with E-state index in [1.807, 2.05) is 0 Å². The molecule has 0 aliphatic rings. The topological polar surface area (TPSA) is 41.3 Å². The fraction of sp³-hybridized carbons (Fsp3) is 1.00. The van der Waals surface area contributed by atoms with Gasteiger partial charge in [-0.05, 0) is 20.0 Å². The normalized spacial score (nSPS) is 13.8. The fourth-order valence-corrected chi connectivity index (χ4v) is 1.09. The SMILES string of the molecule is CCN(CC)CCNC(C)CN. The molecular formula is C9H23N3. The maximum Gasteiger partial charge on any atom is 0.0162 e. The van der Waals surface area contributed by atoms with Crippen LogP contribution in [-0.2, 0) is 0 Å². The van der Waals surface area contributed by atoms with Gasteiger partial charge < -0.3 is 16.0 Å². The van der Waals surface area contributed by atoms with Gasteiger partial charge in [-0.2, -0.15) is 0 Å². The molecule has 0 aliphatic carbocycles. The molecule has 0 aliphatic heterocycles. The molecular weight excluding hydrogens is 150 g/mol. The lowest BCUT2D eigenvalue weighted by Crippen LogP contribution is -2.39. The van der Waals surface area contributed by atoms with E-state index in [1.54, 1.807) is 0 Å². The monoisotopic (exact) mass is 173 g/mol. The van der Waals surface area contributed by atoms with Crippen LogP contribution in [0.4, 0.5) is 0 Å². The predicted molar refractivity (Wildman–Crippen MR) is 54.3 cm³/mol. The highest BCUT2D eigenvalue weighted by atomic mass is 15.1. The van der Waals surface area contributed by atoms with Gasteiger partial charge in [0, 0.05) is 25.7 Å². The van der Waals surface area contributed by atoms with Gasteiger partial charge in [-0.15, -0.1) is 0 Å². The first kappa shape index (κ1) is 11.9. The van der Waals surface area contributed by atoms with Crippen molar-refractivity contribution in [3.05, 3.63) is 0 Å². The second kappa shape index (κ2) is 7.53. The Hall–Kier alpha value is -0.120. The first-order valence-electron chi connectivity index (χ1n) is 4.90. The number of nitrogens with zero attached hydrogens (tertiary/aromatic N) is 1. The molecule has 74 valence electrons. The summed E-state index contributed by atoms with van der Waals surface area (Å²) in [5, 5.41) is 3.36. The fourth-order valence-electron chi connectivity index (χ4n) is 1.09. The Morgan fingerprint density at radius 2 is 1.92 bits per heavy atom. The van der Waals surface area contributed by atoms with Crippen molar-refractivity contribution in [3.8, 4) is 0 Å². The average molecular weight is 173 g/mol. The lowest BCUT2D eigenvalue weighted by atomic mass is 10.3. The van der Waals surface area contributed by atoms with E-state index in [-0.39, 0.29) is 0 Å². The third kappa shape index (κ3) is 5.52. The van der Waals surface area contributed by atoms with Gasteiger partial charge >= 0.3 is 0 Å². The lowest BCUT2D eigenvalue weighted by Gasteiger charge is -2.19. The quantitative estimate of drug-likeness (QED) is 0.580. The highest BCUT2D eigenvalue weighted by Gasteiger charge is 1.99. The van der Waals surface area contributed by atoms with Crippen molar-refractivity contribution in [3.63, 3.8) is 0 Å². The summed E-state index contributed by atoms with van der Waals surface area (Å²) in [7, 11) is 0. The minimum atomic E-state index is 0.445. The minimum Gasteiger partial charge on any atom is -0.329 e. The van der Waals surface area contributed by atoms with Crippen LogP contribution < -0.4 is 11.1 Å². The summed E-state index contributed by atoms with van der Waals surface area (Å²) in [6.45, 7) is 11.6. The van der Waals surface area contributed by atoms with Gasteiger partial charge in [-0.3, -0.25) is 0 Å². The van der Waals surface area contributed by atoms with Crippen molar-refractivity contribution in [1.82, 2.24) is 10.2 Å². The first-order chi connectivity index (χ1) is 5.74. The van der Waals surface area contributed by atoms with Gasteiger partial charge in [-0.1, -0.05) is 13.8 Å². The van der Waals surface area contributed by atoms with Crippen molar-refractivity contribution < 1.29 is 0 Å². The summed E-state index contributed by atoms with van der Waals surface area (Å²) in [6, 6.07) is 0.445. The highest BCUT2D eigenvalue weighted by molar-refractivity contribution is 4.62. The van der Waals surface area contributed by atoms with Crippen LogP contribution in [-0.4, -0.2) is 43.7 Å².